The second-order valence-electron chi connectivity index (χ2n) is 9.39. The standard InChI is InChI=1S/C31H28BrCl2N3O4S/c1-35-31(39)29(18-22-9-4-2-5-10-22)36(20-23-15-16-27(33)28(34)17-23)30(38)21-37(25-12-8-11-24(32)19-25)42(40,41)26-13-6-3-7-14-26/h2-17,19,29H,18,20-21H2,1H3,(H,35,39)/t29-/m0/s1. The molecule has 1 N–H and O–H groups in total. The van der Waals surface area contributed by atoms with E-state index in [1.165, 1.54) is 24.1 Å². The molecule has 0 aliphatic rings. The average molecular weight is 689 g/mol. The Hall–Kier alpha value is -3.37. The zero-order valence-corrected chi connectivity index (χ0v) is 26.5. The number of anilines is 1. The SMILES string of the molecule is CNC(=O)[C@H](Cc1ccccc1)N(Cc1ccc(Cl)c(Cl)c1)C(=O)CN(c1cccc(Br)c1)S(=O)(=O)c1ccccc1. The highest BCUT2D eigenvalue weighted by atomic mass is 79.9. The molecule has 1 atom stereocenters. The summed E-state index contributed by atoms with van der Waals surface area (Å²) < 4.78 is 29.5. The van der Waals surface area contributed by atoms with Crippen LogP contribution in [-0.2, 0) is 32.6 Å². The Balaban J connectivity index is 1.79. The zero-order valence-electron chi connectivity index (χ0n) is 22.6. The molecule has 4 rings (SSSR count). The summed E-state index contributed by atoms with van der Waals surface area (Å²) in [6.07, 6.45) is 0.204. The van der Waals surface area contributed by atoms with Crippen LogP contribution in [0.25, 0.3) is 0 Å². The van der Waals surface area contributed by atoms with Crippen molar-refractivity contribution in [1.82, 2.24) is 10.2 Å². The Morgan fingerprint density at radius 2 is 1.50 bits per heavy atom. The van der Waals surface area contributed by atoms with Crippen LogP contribution < -0.4 is 9.62 Å². The van der Waals surface area contributed by atoms with Gasteiger partial charge < -0.3 is 10.2 Å². The first-order chi connectivity index (χ1) is 20.1. The third-order valence-electron chi connectivity index (χ3n) is 6.56. The molecule has 0 aromatic heterocycles. The Bertz CT molecular complexity index is 1660. The van der Waals surface area contributed by atoms with Gasteiger partial charge in [-0.3, -0.25) is 13.9 Å². The lowest BCUT2D eigenvalue weighted by atomic mass is 10.0. The molecule has 0 saturated carbocycles. The van der Waals surface area contributed by atoms with Crippen LogP contribution in [0.5, 0.6) is 0 Å². The van der Waals surface area contributed by atoms with Gasteiger partial charge >= 0.3 is 0 Å². The number of hydrogen-bond donors (Lipinski definition) is 1. The van der Waals surface area contributed by atoms with E-state index in [4.69, 9.17) is 23.2 Å². The van der Waals surface area contributed by atoms with E-state index in [1.54, 1.807) is 60.7 Å². The highest BCUT2D eigenvalue weighted by molar-refractivity contribution is 9.10. The molecule has 42 heavy (non-hydrogen) atoms. The highest BCUT2D eigenvalue weighted by Gasteiger charge is 2.34. The van der Waals surface area contributed by atoms with Crippen LogP contribution in [-0.4, -0.2) is 44.8 Å². The van der Waals surface area contributed by atoms with Crippen molar-refractivity contribution in [3.8, 4) is 0 Å². The highest BCUT2D eigenvalue weighted by Crippen LogP contribution is 2.28. The van der Waals surface area contributed by atoms with E-state index >= 15 is 0 Å². The van der Waals surface area contributed by atoms with Crippen molar-refractivity contribution in [2.75, 3.05) is 17.9 Å². The number of likely N-dealkylation sites (N-methyl/N-ethyl adjacent to an activating group) is 1. The summed E-state index contributed by atoms with van der Waals surface area (Å²) >= 11 is 15.8. The molecule has 0 radical (unpaired) electrons. The van der Waals surface area contributed by atoms with E-state index < -0.39 is 34.4 Å². The molecule has 7 nitrogen and oxygen atoms in total. The van der Waals surface area contributed by atoms with E-state index in [-0.39, 0.29) is 23.5 Å². The summed E-state index contributed by atoms with van der Waals surface area (Å²) in [6.45, 7) is -0.574. The maximum Gasteiger partial charge on any atom is 0.264 e. The molecule has 4 aromatic carbocycles. The van der Waals surface area contributed by atoms with Gasteiger partial charge in [-0.15, -0.1) is 0 Å². The number of rotatable bonds is 11. The van der Waals surface area contributed by atoms with Crippen molar-refractivity contribution in [3.63, 3.8) is 0 Å². The molecule has 218 valence electrons. The molecule has 11 heteroatoms. The number of amides is 2. The maximum absolute atomic E-state index is 14.3. The topological polar surface area (TPSA) is 86.8 Å². The zero-order chi connectivity index (χ0) is 30.3. The molecule has 0 saturated heterocycles. The van der Waals surface area contributed by atoms with Crippen molar-refractivity contribution < 1.29 is 18.0 Å². The third kappa shape index (κ3) is 7.72. The average Bonchev–Trinajstić information content (AvgIpc) is 2.99. The summed E-state index contributed by atoms with van der Waals surface area (Å²) in [5, 5.41) is 3.30. The van der Waals surface area contributed by atoms with Crippen LogP contribution in [0.3, 0.4) is 0 Å². The van der Waals surface area contributed by atoms with Crippen molar-refractivity contribution in [1.29, 1.82) is 0 Å². The van der Waals surface area contributed by atoms with Crippen LogP contribution in [0, 0.1) is 0 Å². The van der Waals surface area contributed by atoms with Crippen LogP contribution in [0.15, 0.2) is 112 Å². The quantitative estimate of drug-likeness (QED) is 0.199. The minimum Gasteiger partial charge on any atom is -0.357 e. The number of nitrogens with zero attached hydrogens (tertiary/aromatic N) is 2. The van der Waals surface area contributed by atoms with Gasteiger partial charge in [-0.1, -0.05) is 99.8 Å². The van der Waals surface area contributed by atoms with Gasteiger partial charge in [-0.05, 0) is 53.6 Å². The fourth-order valence-electron chi connectivity index (χ4n) is 4.43. The van der Waals surface area contributed by atoms with Gasteiger partial charge in [-0.2, -0.15) is 0 Å². The molecule has 4 aromatic rings. The third-order valence-corrected chi connectivity index (χ3v) is 9.58. The number of nitrogens with one attached hydrogen (secondary N) is 1. The van der Waals surface area contributed by atoms with Gasteiger partial charge in [0, 0.05) is 24.5 Å². The monoisotopic (exact) mass is 687 g/mol. The first kappa shape index (κ1) is 31.6. The Morgan fingerprint density at radius 3 is 2.12 bits per heavy atom. The molecular formula is C31H28BrCl2N3O4S. The molecule has 0 aliphatic heterocycles. The smallest absolute Gasteiger partial charge is 0.264 e. The molecule has 0 aliphatic carbocycles. The summed E-state index contributed by atoms with van der Waals surface area (Å²) in [4.78, 5) is 29.0. The number of carbonyl (C=O) groups is 2. The van der Waals surface area contributed by atoms with Crippen LogP contribution in [0.2, 0.25) is 10.0 Å². The first-order valence-corrected chi connectivity index (χ1v) is 15.9. The fourth-order valence-corrected chi connectivity index (χ4v) is 6.57. The molecule has 0 fully saturated rings. The fraction of sp³-hybridized carbons (Fsp3) is 0.161. The normalized spacial score (nSPS) is 11.9. The number of hydrogen-bond acceptors (Lipinski definition) is 4. The lowest BCUT2D eigenvalue weighted by molar-refractivity contribution is -0.139. The lowest BCUT2D eigenvalue weighted by Gasteiger charge is -2.33. The van der Waals surface area contributed by atoms with E-state index in [1.807, 2.05) is 30.3 Å². The summed E-state index contributed by atoms with van der Waals surface area (Å²) in [5.74, 6) is -0.975. The summed E-state index contributed by atoms with van der Waals surface area (Å²) in [7, 11) is -2.67. The Morgan fingerprint density at radius 1 is 0.833 bits per heavy atom. The van der Waals surface area contributed by atoms with Gasteiger partial charge in [0.1, 0.15) is 12.6 Å². The maximum atomic E-state index is 14.3. The number of sulfonamides is 1. The first-order valence-electron chi connectivity index (χ1n) is 12.9. The van der Waals surface area contributed by atoms with Crippen LogP contribution in [0.1, 0.15) is 11.1 Å². The van der Waals surface area contributed by atoms with Crippen LogP contribution >= 0.6 is 39.1 Å². The molecule has 0 spiro atoms. The molecule has 0 bridgehead atoms. The van der Waals surface area contributed by atoms with Gasteiger partial charge in [-0.25, -0.2) is 8.42 Å². The number of halogens is 3. The minimum atomic E-state index is -4.17. The van der Waals surface area contributed by atoms with E-state index in [0.717, 1.165) is 9.87 Å². The minimum absolute atomic E-state index is 0.0155. The van der Waals surface area contributed by atoms with Crippen LogP contribution in [0.4, 0.5) is 5.69 Å². The number of carbonyl (C=O) groups excluding carboxylic acids is 2. The summed E-state index contributed by atoms with van der Waals surface area (Å²) in [6, 6.07) is 27.9. The van der Waals surface area contributed by atoms with Crippen molar-refractivity contribution >= 4 is 66.7 Å². The van der Waals surface area contributed by atoms with Gasteiger partial charge in [0.15, 0.2) is 0 Å². The predicted molar refractivity (Wildman–Crippen MR) is 170 cm³/mol. The van der Waals surface area contributed by atoms with E-state index in [9.17, 15) is 18.0 Å². The second-order valence-corrected chi connectivity index (χ2v) is 13.0. The van der Waals surface area contributed by atoms with Crippen molar-refractivity contribution in [3.05, 3.63) is 129 Å². The second kappa shape index (κ2) is 14.2. The summed E-state index contributed by atoms with van der Waals surface area (Å²) in [5.41, 5.74) is 1.74. The van der Waals surface area contributed by atoms with E-state index in [2.05, 4.69) is 21.2 Å². The van der Waals surface area contributed by atoms with Gasteiger partial charge in [0.25, 0.3) is 10.0 Å². The Kier molecular flexibility index (Phi) is 10.7. The van der Waals surface area contributed by atoms with E-state index in [0.29, 0.717) is 20.1 Å². The predicted octanol–water partition coefficient (Wildman–Crippen LogP) is 6.34. The molecular weight excluding hydrogens is 661 g/mol. The Labute approximate surface area is 264 Å². The molecule has 0 heterocycles. The number of benzene rings is 4. The molecule has 0 unspecified atom stereocenters. The largest absolute Gasteiger partial charge is 0.357 e. The van der Waals surface area contributed by atoms with Gasteiger partial charge in [0.05, 0.1) is 20.6 Å². The van der Waals surface area contributed by atoms with Gasteiger partial charge in [0.2, 0.25) is 11.8 Å². The van der Waals surface area contributed by atoms with Crippen molar-refractivity contribution in [2.24, 2.45) is 0 Å². The lowest BCUT2D eigenvalue weighted by Crippen LogP contribution is -2.53. The van der Waals surface area contributed by atoms with Crippen molar-refractivity contribution in [2.45, 2.75) is 23.9 Å². The molecule has 2 amide bonds.